The summed E-state index contributed by atoms with van der Waals surface area (Å²) in [4.78, 5) is 33.2. The van der Waals surface area contributed by atoms with Crippen LogP contribution in [0.5, 0.6) is 0 Å². The predicted molar refractivity (Wildman–Crippen MR) is 419 cm³/mol. The highest BCUT2D eigenvalue weighted by Crippen LogP contribution is 2.39. The third-order valence-corrected chi connectivity index (χ3v) is 22.0. The van der Waals surface area contributed by atoms with Crippen molar-refractivity contribution in [3.8, 4) is 0 Å². The molecule has 0 fully saturated rings. The number of β-amino-alcohol motifs (C(OH)–C–C–N with tert-alkyl or cyclic N) is 1. The SMILES string of the molecule is CN1CCc2c(c3cc(C(C)(C)C)ccc3n2CC(O)c2ccncc2)C1.Cc1ccc2c(c1)c1c(n2CC(O)c2ccc(=O)[nH]c2)CCN(CC(C)O)C1.Cc1ccc2c(c1)c1c(n2CC(O)c2ccncc2)CCN(CCCO)C1.OCc1ccc2c(c1)c1c(n2CC(O)c2ccncc2)CCCC1. The number of aliphatic hydroxyl groups is 7. The van der Waals surface area contributed by atoms with E-state index in [2.05, 4.69) is 161 Å². The van der Waals surface area contributed by atoms with Crippen molar-refractivity contribution in [1.82, 2.24) is 52.9 Å². The van der Waals surface area contributed by atoms with Crippen molar-refractivity contribution in [3.63, 3.8) is 0 Å². The van der Waals surface area contributed by atoms with Gasteiger partial charge in [0, 0.05) is 194 Å². The normalized spacial score (nSPS) is 16.2. The number of aromatic amines is 1. The van der Waals surface area contributed by atoms with E-state index in [-0.39, 0.29) is 30.3 Å². The third-order valence-electron chi connectivity index (χ3n) is 22.0. The highest BCUT2D eigenvalue weighted by atomic mass is 16.3. The van der Waals surface area contributed by atoms with Crippen molar-refractivity contribution >= 4 is 43.6 Å². The molecule has 19 nitrogen and oxygen atoms in total. The summed E-state index contributed by atoms with van der Waals surface area (Å²) in [5.74, 6) is 0. The molecule has 0 radical (unpaired) electrons. The molecule has 4 aromatic carbocycles. The molecule has 19 heteroatoms. The van der Waals surface area contributed by atoms with Crippen LogP contribution >= 0.6 is 0 Å². The molecular weight excluding hydrogens is 1330 g/mol. The number of hydrogen-bond donors (Lipinski definition) is 8. The van der Waals surface area contributed by atoms with Gasteiger partial charge in [0.05, 0.1) is 63.3 Å². The standard InChI is InChI=1S/C23H29N3O.C22H27N3O3.C22H27N3O2.C20H22N2O2/c1-23(2,3)17-5-6-20-18(13-17)19-14-25(4)12-9-21(19)26(20)15-22(27)16-7-10-24-11-8-16;1-14-3-5-19-17(9-14)18-12-24(11-15(2)26)8-7-20(18)25(19)13-21(27)16-4-6-22(28)23-10-16;1-16-3-4-20-18(13-16)19-14-24(10-2-12-26)11-7-21(19)25(20)15-22(27)17-5-8-23-9-6-17;23-13-14-5-6-19-17(11-14)16-3-1-2-4-18(16)22(19)12-20(24)15-7-9-21-10-8-15/h5-8,10-11,13,22,27H,9,12,14-15H2,1-4H3;3-6,9-10,15,21,26-27H,7-8,11-13H2,1-2H3,(H,23,28);3-6,8-9,13,22,26-27H,2,7,10-12,14-15H2,1H3;5-11,20,23-24H,1-4,12-13H2. The van der Waals surface area contributed by atoms with Gasteiger partial charge in [-0.15, -0.1) is 0 Å². The summed E-state index contributed by atoms with van der Waals surface area (Å²) in [5.41, 5.74) is 23.6. The number of likely N-dealkylation sites (N-methyl/N-ethyl adjacent to an activating group) is 1. The topological polar surface area (TPSA) is 243 Å². The third kappa shape index (κ3) is 16.9. The fourth-order valence-corrected chi connectivity index (χ4v) is 16.4. The fourth-order valence-electron chi connectivity index (χ4n) is 16.4. The number of aliphatic hydroxyl groups excluding tert-OH is 7. The minimum Gasteiger partial charge on any atom is -0.396 e. The van der Waals surface area contributed by atoms with E-state index in [1.165, 1.54) is 113 Å². The molecule has 5 unspecified atom stereocenters. The van der Waals surface area contributed by atoms with Crippen LogP contribution in [-0.2, 0) is 89.9 Å². The molecule has 1 aliphatic carbocycles. The van der Waals surface area contributed by atoms with Gasteiger partial charge < -0.3 is 63.9 Å². The van der Waals surface area contributed by atoms with Crippen LogP contribution in [0.1, 0.15) is 161 Å². The molecule has 0 saturated heterocycles. The van der Waals surface area contributed by atoms with E-state index in [1.54, 1.807) is 49.4 Å². The second kappa shape index (κ2) is 33.5. The maximum Gasteiger partial charge on any atom is 0.247 e. The zero-order chi connectivity index (χ0) is 74.3. The van der Waals surface area contributed by atoms with Gasteiger partial charge in [0.25, 0.3) is 0 Å². The van der Waals surface area contributed by atoms with Gasteiger partial charge in [0.2, 0.25) is 5.56 Å². The van der Waals surface area contributed by atoms with E-state index in [4.69, 9.17) is 5.11 Å². The summed E-state index contributed by atoms with van der Waals surface area (Å²) in [5, 5.41) is 76.5. The zero-order valence-corrected chi connectivity index (χ0v) is 62.5. The van der Waals surface area contributed by atoms with Crippen molar-refractivity contribution in [1.29, 1.82) is 0 Å². The van der Waals surface area contributed by atoms with E-state index in [1.807, 2.05) is 49.4 Å². The lowest BCUT2D eigenvalue weighted by Crippen LogP contribution is -2.36. The number of aryl methyl sites for hydroxylation is 3. The molecule has 106 heavy (non-hydrogen) atoms. The average molecular weight is 1430 g/mol. The van der Waals surface area contributed by atoms with E-state index < -0.39 is 24.4 Å². The summed E-state index contributed by atoms with van der Waals surface area (Å²) in [6, 6.07) is 40.4. The van der Waals surface area contributed by atoms with Gasteiger partial charge in [-0.25, -0.2) is 0 Å². The van der Waals surface area contributed by atoms with Gasteiger partial charge in [0.15, 0.2) is 0 Å². The van der Waals surface area contributed by atoms with Gasteiger partial charge in [-0.2, -0.15) is 0 Å². The Bertz CT molecular complexity index is 5010. The van der Waals surface area contributed by atoms with Crippen LogP contribution in [-0.4, -0.2) is 141 Å². The summed E-state index contributed by atoms with van der Waals surface area (Å²) in [7, 11) is 2.19. The summed E-state index contributed by atoms with van der Waals surface area (Å²) in [6.45, 7) is 22.5. The maximum absolute atomic E-state index is 11.3. The van der Waals surface area contributed by atoms with E-state index in [0.717, 1.165) is 118 Å². The molecule has 11 heterocycles. The molecule has 0 amide bonds. The molecule has 5 atom stereocenters. The quantitative estimate of drug-likeness (QED) is 0.0399. The summed E-state index contributed by atoms with van der Waals surface area (Å²) in [6.07, 6.45) is 17.5. The number of benzene rings is 4. The van der Waals surface area contributed by atoms with Crippen molar-refractivity contribution in [2.75, 3.05) is 46.4 Å². The molecule has 0 bridgehead atoms. The van der Waals surface area contributed by atoms with Crippen molar-refractivity contribution in [2.45, 2.75) is 181 Å². The second-order valence-corrected chi connectivity index (χ2v) is 30.7. The monoisotopic (exact) mass is 1430 g/mol. The Balaban J connectivity index is 0.000000125. The average Bonchev–Trinajstić information content (AvgIpc) is 1.63. The number of nitrogens with zero attached hydrogens (tertiary/aromatic N) is 10. The lowest BCUT2D eigenvalue weighted by Gasteiger charge is -2.29. The van der Waals surface area contributed by atoms with Crippen LogP contribution in [0.3, 0.4) is 0 Å². The van der Waals surface area contributed by atoms with E-state index >= 15 is 0 Å². The summed E-state index contributed by atoms with van der Waals surface area (Å²) >= 11 is 0. The van der Waals surface area contributed by atoms with Gasteiger partial charge in [0.1, 0.15) is 0 Å². The first-order chi connectivity index (χ1) is 51.2. The van der Waals surface area contributed by atoms with Gasteiger partial charge >= 0.3 is 0 Å². The first-order valence-corrected chi connectivity index (χ1v) is 37.8. The smallest absolute Gasteiger partial charge is 0.247 e. The number of rotatable bonds is 18. The number of fused-ring (bicyclic) bond motifs is 12. The molecule has 0 saturated carbocycles. The van der Waals surface area contributed by atoms with E-state index in [9.17, 15) is 35.4 Å². The zero-order valence-electron chi connectivity index (χ0n) is 62.5. The number of nitrogens with one attached hydrogen (secondary N) is 1. The molecule has 16 rings (SSSR count). The highest BCUT2D eigenvalue weighted by molar-refractivity contribution is 5.89. The van der Waals surface area contributed by atoms with Crippen LogP contribution in [0.4, 0.5) is 0 Å². The molecule has 4 aliphatic rings. The number of aromatic nitrogens is 8. The van der Waals surface area contributed by atoms with Crippen LogP contribution in [0.15, 0.2) is 169 Å². The number of H-pyrrole nitrogens is 1. The number of pyridine rings is 4. The Kier molecular flexibility index (Phi) is 23.8. The molecule has 8 N–H and O–H groups in total. The minimum absolute atomic E-state index is 0.0650. The van der Waals surface area contributed by atoms with Crippen LogP contribution < -0.4 is 5.56 Å². The predicted octanol–water partition coefficient (Wildman–Crippen LogP) is 12.1. The van der Waals surface area contributed by atoms with Crippen molar-refractivity contribution in [3.05, 3.63) is 265 Å². The van der Waals surface area contributed by atoms with E-state index in [0.29, 0.717) is 38.3 Å². The largest absolute Gasteiger partial charge is 0.396 e. The molecule has 556 valence electrons. The second-order valence-electron chi connectivity index (χ2n) is 30.7. The molecule has 12 aromatic rings. The Morgan fingerprint density at radius 3 is 1.38 bits per heavy atom. The summed E-state index contributed by atoms with van der Waals surface area (Å²) < 4.78 is 9.14. The molecule has 8 aromatic heterocycles. The highest BCUT2D eigenvalue weighted by Gasteiger charge is 2.30. The maximum atomic E-state index is 11.3. The van der Waals surface area contributed by atoms with Gasteiger partial charge in [-0.3, -0.25) is 29.5 Å². The Labute approximate surface area is 621 Å². The van der Waals surface area contributed by atoms with Crippen LogP contribution in [0.2, 0.25) is 0 Å². The van der Waals surface area contributed by atoms with Crippen LogP contribution in [0.25, 0.3) is 43.6 Å². The first kappa shape index (κ1) is 75.3. The molecule has 3 aliphatic heterocycles. The Hall–Kier alpha value is -8.96. The van der Waals surface area contributed by atoms with Crippen molar-refractivity contribution < 1.29 is 35.7 Å². The Morgan fingerprint density at radius 1 is 0.462 bits per heavy atom. The Morgan fingerprint density at radius 2 is 0.896 bits per heavy atom. The lowest BCUT2D eigenvalue weighted by molar-refractivity contribution is 0.117. The minimum atomic E-state index is -0.701. The lowest BCUT2D eigenvalue weighted by atomic mass is 9.86. The van der Waals surface area contributed by atoms with Gasteiger partial charge in [-0.1, -0.05) is 56.2 Å². The first-order valence-electron chi connectivity index (χ1n) is 37.8. The van der Waals surface area contributed by atoms with Gasteiger partial charge in [-0.05, 0) is 212 Å². The number of hydrogen-bond acceptors (Lipinski definition) is 14. The molecular formula is C87H105N11O8. The fraction of sp³-hybridized carbons (Fsp3) is 0.402. The van der Waals surface area contributed by atoms with Crippen molar-refractivity contribution in [2.24, 2.45) is 0 Å². The molecule has 0 spiro atoms. The van der Waals surface area contributed by atoms with Crippen LogP contribution in [0, 0.1) is 13.8 Å².